The van der Waals surface area contributed by atoms with Crippen molar-refractivity contribution in [3.05, 3.63) is 59.7 Å². The first-order valence-corrected chi connectivity index (χ1v) is 8.87. The van der Waals surface area contributed by atoms with Crippen molar-refractivity contribution in [2.75, 3.05) is 13.1 Å². The van der Waals surface area contributed by atoms with Gasteiger partial charge in [-0.2, -0.15) is 10.1 Å². The van der Waals surface area contributed by atoms with Crippen molar-refractivity contribution in [2.45, 2.75) is 32.2 Å². The molecule has 0 saturated carbocycles. The van der Waals surface area contributed by atoms with E-state index in [1.54, 1.807) is 4.52 Å². The molecule has 1 saturated heterocycles. The van der Waals surface area contributed by atoms with Gasteiger partial charge in [-0.25, -0.2) is 18.3 Å². The van der Waals surface area contributed by atoms with Crippen molar-refractivity contribution in [3.8, 4) is 0 Å². The number of benzene rings is 1. The Morgan fingerprint density at radius 1 is 1.23 bits per heavy atom. The third-order valence-corrected chi connectivity index (χ3v) is 5.19. The van der Waals surface area contributed by atoms with Gasteiger partial charge in [0.15, 0.2) is 0 Å². The molecule has 2 atom stereocenters. The molecule has 1 fully saturated rings. The molecule has 1 aromatic carbocycles. The Bertz CT molecular complexity index is 880. The van der Waals surface area contributed by atoms with Gasteiger partial charge < -0.3 is 0 Å². The highest BCUT2D eigenvalue weighted by atomic mass is 19.3. The predicted molar refractivity (Wildman–Crippen MR) is 94.0 cm³/mol. The van der Waals surface area contributed by atoms with Crippen molar-refractivity contribution in [2.24, 2.45) is 5.92 Å². The lowest BCUT2D eigenvalue weighted by Crippen LogP contribution is -2.38. The Labute approximate surface area is 150 Å². The Morgan fingerprint density at radius 3 is 2.81 bits per heavy atom. The number of halogens is 2. The van der Waals surface area contributed by atoms with E-state index < -0.39 is 6.43 Å². The van der Waals surface area contributed by atoms with E-state index in [2.05, 4.69) is 39.0 Å². The van der Waals surface area contributed by atoms with Crippen molar-refractivity contribution in [3.63, 3.8) is 0 Å². The quantitative estimate of drug-likeness (QED) is 0.714. The van der Waals surface area contributed by atoms with E-state index in [1.807, 2.05) is 18.2 Å². The number of hydrogen-bond donors (Lipinski definition) is 0. The van der Waals surface area contributed by atoms with Gasteiger partial charge in [0, 0.05) is 19.0 Å². The zero-order chi connectivity index (χ0) is 18.1. The van der Waals surface area contributed by atoms with Gasteiger partial charge in [0.2, 0.25) is 0 Å². The van der Waals surface area contributed by atoms with Crippen LogP contribution in [-0.2, 0) is 6.54 Å². The SMILES string of the molecule is C[C@@H]1CCN(Cc2ccccc2)CC1c1cc(C(F)F)nc2ncnn12. The number of nitrogens with zero attached hydrogens (tertiary/aromatic N) is 5. The zero-order valence-electron chi connectivity index (χ0n) is 14.6. The van der Waals surface area contributed by atoms with Gasteiger partial charge in [0.05, 0.1) is 5.69 Å². The van der Waals surface area contributed by atoms with Crippen LogP contribution in [0.5, 0.6) is 0 Å². The van der Waals surface area contributed by atoms with Crippen LogP contribution in [0.15, 0.2) is 42.7 Å². The third-order valence-electron chi connectivity index (χ3n) is 5.19. The number of fused-ring (bicyclic) bond motifs is 1. The Morgan fingerprint density at radius 2 is 2.04 bits per heavy atom. The molecule has 0 amide bonds. The average Bonchev–Trinajstić information content (AvgIpc) is 3.12. The second-order valence-electron chi connectivity index (χ2n) is 6.97. The Balaban J connectivity index is 1.65. The van der Waals surface area contributed by atoms with E-state index in [0.717, 1.165) is 31.7 Å². The highest BCUT2D eigenvalue weighted by molar-refractivity contribution is 5.33. The van der Waals surface area contributed by atoms with Crippen LogP contribution >= 0.6 is 0 Å². The number of piperidine rings is 1. The van der Waals surface area contributed by atoms with Gasteiger partial charge in [-0.05, 0) is 30.5 Å². The first kappa shape index (κ1) is 17.0. The molecule has 1 unspecified atom stereocenters. The summed E-state index contributed by atoms with van der Waals surface area (Å²) in [7, 11) is 0. The maximum Gasteiger partial charge on any atom is 0.280 e. The van der Waals surface area contributed by atoms with Gasteiger partial charge in [-0.1, -0.05) is 37.3 Å². The predicted octanol–water partition coefficient (Wildman–Crippen LogP) is 3.69. The fourth-order valence-corrected chi connectivity index (χ4v) is 3.74. The molecule has 0 N–H and O–H groups in total. The molecule has 4 rings (SSSR count). The molecule has 136 valence electrons. The number of hydrogen-bond acceptors (Lipinski definition) is 4. The molecule has 0 spiro atoms. The van der Waals surface area contributed by atoms with Crippen LogP contribution in [0.25, 0.3) is 5.78 Å². The standard InChI is InChI=1S/C19H21F2N5/c1-13-7-8-25(10-14-5-3-2-4-6-14)11-15(13)17-9-16(18(20)21)24-19-22-12-23-26(17)19/h2-6,9,12-13,15,18H,7-8,10-11H2,1H3/t13-,15?/m1/s1. The third kappa shape index (κ3) is 3.31. The fourth-order valence-electron chi connectivity index (χ4n) is 3.74. The summed E-state index contributed by atoms with van der Waals surface area (Å²) < 4.78 is 28.2. The molecule has 2 aromatic heterocycles. The van der Waals surface area contributed by atoms with E-state index in [4.69, 9.17) is 0 Å². The second kappa shape index (κ2) is 7.07. The molecule has 7 heteroatoms. The van der Waals surface area contributed by atoms with E-state index in [-0.39, 0.29) is 17.4 Å². The van der Waals surface area contributed by atoms with Crippen molar-refractivity contribution in [1.29, 1.82) is 0 Å². The van der Waals surface area contributed by atoms with Crippen LogP contribution in [0.1, 0.15) is 42.6 Å². The minimum Gasteiger partial charge on any atom is -0.298 e. The Hall–Kier alpha value is -2.41. The van der Waals surface area contributed by atoms with Crippen LogP contribution in [0.4, 0.5) is 8.78 Å². The van der Waals surface area contributed by atoms with Gasteiger partial charge in [-0.3, -0.25) is 4.90 Å². The number of rotatable bonds is 4. The topological polar surface area (TPSA) is 46.3 Å². The normalized spacial score (nSPS) is 21.5. The minimum absolute atomic E-state index is 0.108. The molecule has 0 aliphatic carbocycles. The van der Waals surface area contributed by atoms with Crippen LogP contribution in [0, 0.1) is 5.92 Å². The zero-order valence-corrected chi connectivity index (χ0v) is 14.6. The van der Waals surface area contributed by atoms with E-state index >= 15 is 0 Å². The van der Waals surface area contributed by atoms with Gasteiger partial charge in [0.25, 0.3) is 12.2 Å². The molecular formula is C19H21F2N5. The second-order valence-corrected chi connectivity index (χ2v) is 6.97. The molecular weight excluding hydrogens is 336 g/mol. The Kier molecular flexibility index (Phi) is 4.63. The monoisotopic (exact) mass is 357 g/mol. The van der Waals surface area contributed by atoms with E-state index in [1.165, 1.54) is 18.0 Å². The van der Waals surface area contributed by atoms with Crippen LogP contribution < -0.4 is 0 Å². The molecule has 3 aromatic rings. The summed E-state index contributed by atoms with van der Waals surface area (Å²) in [6, 6.07) is 11.8. The first-order chi connectivity index (χ1) is 12.6. The molecule has 0 radical (unpaired) electrons. The lowest BCUT2D eigenvalue weighted by Gasteiger charge is -2.37. The summed E-state index contributed by atoms with van der Waals surface area (Å²) >= 11 is 0. The average molecular weight is 357 g/mol. The van der Waals surface area contributed by atoms with Crippen LogP contribution in [0.2, 0.25) is 0 Å². The highest BCUT2D eigenvalue weighted by Gasteiger charge is 2.30. The van der Waals surface area contributed by atoms with E-state index in [0.29, 0.717) is 5.92 Å². The molecule has 1 aliphatic heterocycles. The summed E-state index contributed by atoms with van der Waals surface area (Å²) in [4.78, 5) is 10.3. The minimum atomic E-state index is -2.62. The maximum absolute atomic E-state index is 13.3. The molecule has 1 aliphatic rings. The summed E-state index contributed by atoms with van der Waals surface area (Å²) in [5.74, 6) is 0.727. The van der Waals surface area contributed by atoms with Gasteiger partial charge in [0.1, 0.15) is 12.0 Å². The summed E-state index contributed by atoms with van der Waals surface area (Å²) in [5.41, 5.74) is 1.80. The highest BCUT2D eigenvalue weighted by Crippen LogP contribution is 2.34. The molecule has 5 nitrogen and oxygen atoms in total. The van der Waals surface area contributed by atoms with E-state index in [9.17, 15) is 8.78 Å². The van der Waals surface area contributed by atoms with Crippen molar-refractivity contribution in [1.82, 2.24) is 24.5 Å². The number of likely N-dealkylation sites (tertiary alicyclic amines) is 1. The van der Waals surface area contributed by atoms with Crippen LogP contribution in [0.3, 0.4) is 0 Å². The lowest BCUT2D eigenvalue weighted by atomic mass is 9.84. The summed E-state index contributed by atoms with van der Waals surface area (Å²) in [6.07, 6.45) is -0.231. The lowest BCUT2D eigenvalue weighted by molar-refractivity contribution is 0.143. The summed E-state index contributed by atoms with van der Waals surface area (Å²) in [6.45, 7) is 4.84. The number of aromatic nitrogens is 4. The van der Waals surface area contributed by atoms with Gasteiger partial charge >= 0.3 is 0 Å². The molecule has 26 heavy (non-hydrogen) atoms. The van der Waals surface area contributed by atoms with Crippen molar-refractivity contribution >= 4 is 5.78 Å². The molecule has 0 bridgehead atoms. The van der Waals surface area contributed by atoms with Crippen LogP contribution in [-0.4, -0.2) is 37.6 Å². The van der Waals surface area contributed by atoms with Crippen molar-refractivity contribution < 1.29 is 8.78 Å². The molecule has 3 heterocycles. The largest absolute Gasteiger partial charge is 0.298 e. The summed E-state index contributed by atoms with van der Waals surface area (Å²) in [5, 5.41) is 4.22. The maximum atomic E-state index is 13.3. The fraction of sp³-hybridized carbons (Fsp3) is 0.421. The number of alkyl halides is 2. The first-order valence-electron chi connectivity index (χ1n) is 8.87. The smallest absolute Gasteiger partial charge is 0.280 e. The van der Waals surface area contributed by atoms with Gasteiger partial charge in [-0.15, -0.1) is 0 Å².